The van der Waals surface area contributed by atoms with Crippen LogP contribution in [-0.4, -0.2) is 41.8 Å². The third kappa shape index (κ3) is 1.88. The van der Waals surface area contributed by atoms with Crippen LogP contribution in [0, 0.1) is 0 Å². The van der Waals surface area contributed by atoms with Crippen LogP contribution in [0.4, 0.5) is 0 Å². The van der Waals surface area contributed by atoms with Gasteiger partial charge < -0.3 is 0 Å². The molecule has 4 amide bonds. The highest BCUT2D eigenvalue weighted by atomic mass is 16.2. The van der Waals surface area contributed by atoms with E-state index in [1.54, 1.807) is 12.1 Å². The summed E-state index contributed by atoms with van der Waals surface area (Å²) < 4.78 is 0. The maximum atomic E-state index is 12.4. The van der Waals surface area contributed by atoms with Crippen molar-refractivity contribution in [3.8, 4) is 0 Å². The van der Waals surface area contributed by atoms with E-state index in [0.29, 0.717) is 6.42 Å². The molecule has 0 bridgehead atoms. The Balaban J connectivity index is 2.05. The second-order valence-electron chi connectivity index (χ2n) is 5.15. The number of fused-ring (bicyclic) bond motifs is 1. The first-order chi connectivity index (χ1) is 9.95. The smallest absolute Gasteiger partial charge is 0.261 e. The molecular weight excluding hydrogens is 271 g/mol. The monoisotopic (exact) mass is 282 g/mol. The molecule has 0 saturated carbocycles. The molecule has 21 heavy (non-hydrogen) atoms. The molecule has 1 aromatic rings. The van der Waals surface area contributed by atoms with Crippen molar-refractivity contribution < 1.29 is 19.2 Å². The Bertz CT molecular complexity index is 652. The first-order valence-corrected chi connectivity index (χ1v) is 6.56. The van der Waals surface area contributed by atoms with Gasteiger partial charge in [-0.3, -0.25) is 29.4 Å². The molecule has 7 heteroatoms. The lowest BCUT2D eigenvalue weighted by atomic mass is 9.72. The van der Waals surface area contributed by atoms with Gasteiger partial charge in [0, 0.05) is 6.42 Å². The van der Waals surface area contributed by atoms with E-state index in [9.17, 15) is 19.2 Å². The van der Waals surface area contributed by atoms with Crippen LogP contribution in [0.25, 0.3) is 0 Å². The minimum atomic E-state index is -1.83. The van der Waals surface area contributed by atoms with Crippen LogP contribution in [0.1, 0.15) is 40.0 Å². The molecule has 2 heterocycles. The average molecular weight is 282 g/mol. The number of rotatable bonds is 1. The van der Waals surface area contributed by atoms with Gasteiger partial charge in [0.15, 0.2) is 0 Å². The number of carbonyl (C=O) groups is 4. The Hall–Kier alpha value is -2.44. The lowest BCUT2D eigenvalue weighted by Gasteiger charge is -2.35. The lowest BCUT2D eigenvalue weighted by molar-refractivity contribution is -0.132. The highest BCUT2D eigenvalue weighted by molar-refractivity contribution is 6.36. The van der Waals surface area contributed by atoms with Gasteiger partial charge in [0.25, 0.3) is 11.8 Å². The molecule has 2 aliphatic heterocycles. The second kappa shape index (κ2) is 4.54. The molecule has 0 aromatic heterocycles. The summed E-state index contributed by atoms with van der Waals surface area (Å²) in [6.07, 6.45) is 0.505. The minimum Gasteiger partial charge on any atom is -0.295 e. The van der Waals surface area contributed by atoms with Crippen molar-refractivity contribution in [1.82, 2.24) is 10.2 Å². The van der Waals surface area contributed by atoms with Crippen LogP contribution >= 0.6 is 0 Å². The quantitative estimate of drug-likeness (QED) is 0.579. The van der Waals surface area contributed by atoms with Gasteiger partial charge in [0.05, 0.1) is 16.6 Å². The highest BCUT2D eigenvalue weighted by Gasteiger charge is 2.50. The van der Waals surface area contributed by atoms with Crippen molar-refractivity contribution >= 4 is 31.5 Å². The van der Waals surface area contributed by atoms with E-state index in [2.05, 4.69) is 5.32 Å². The summed E-state index contributed by atoms with van der Waals surface area (Å²) in [7, 11) is 6.05. The molecule has 2 radical (unpaired) electrons. The first-order valence-electron chi connectivity index (χ1n) is 6.56. The van der Waals surface area contributed by atoms with E-state index in [1.807, 2.05) is 0 Å². The molecule has 1 atom stereocenters. The van der Waals surface area contributed by atoms with Crippen molar-refractivity contribution in [1.29, 1.82) is 0 Å². The van der Waals surface area contributed by atoms with Crippen LogP contribution in [0.2, 0.25) is 0 Å². The fourth-order valence-corrected chi connectivity index (χ4v) is 2.69. The Morgan fingerprint density at radius 1 is 1.05 bits per heavy atom. The molecule has 104 valence electrons. The lowest BCUT2D eigenvalue weighted by Crippen LogP contribution is -2.61. The van der Waals surface area contributed by atoms with Gasteiger partial charge in [-0.05, 0) is 25.0 Å². The highest BCUT2D eigenvalue weighted by Crippen LogP contribution is 2.32. The summed E-state index contributed by atoms with van der Waals surface area (Å²) in [5.74, 6) is -2.49. The standard InChI is InChI=1S/C14H11BN2O4/c15-14(7-3-6-10(18)16-13(14)21)17-11(19)8-4-1-2-5-9(8)12(17)20/h1-2,4-5H,3,6-7H2,(H,16,18,21)/t14-/m1/s1. The maximum absolute atomic E-state index is 12.4. The third-order valence-corrected chi connectivity index (χ3v) is 3.80. The van der Waals surface area contributed by atoms with Gasteiger partial charge >= 0.3 is 0 Å². The molecule has 0 aliphatic carbocycles. The maximum Gasteiger partial charge on any atom is 0.261 e. The van der Waals surface area contributed by atoms with E-state index in [0.717, 1.165) is 4.90 Å². The van der Waals surface area contributed by atoms with Crippen molar-refractivity contribution in [2.45, 2.75) is 24.7 Å². The van der Waals surface area contributed by atoms with Gasteiger partial charge in [0.2, 0.25) is 11.8 Å². The van der Waals surface area contributed by atoms with Crippen molar-refractivity contribution in [2.75, 3.05) is 0 Å². The molecule has 0 spiro atoms. The van der Waals surface area contributed by atoms with Crippen molar-refractivity contribution in [3.05, 3.63) is 35.4 Å². The Kier molecular flexibility index (Phi) is 2.93. The van der Waals surface area contributed by atoms with Gasteiger partial charge in [-0.25, -0.2) is 0 Å². The van der Waals surface area contributed by atoms with Crippen molar-refractivity contribution in [2.24, 2.45) is 0 Å². The molecule has 0 unspecified atom stereocenters. The SMILES string of the molecule is [B][C@@]1(N2C(=O)c3ccccc3C2=O)CCCC(=O)NC1=O. The van der Waals surface area contributed by atoms with Crippen LogP contribution in [-0.2, 0) is 9.59 Å². The average Bonchev–Trinajstić information content (AvgIpc) is 2.63. The second-order valence-corrected chi connectivity index (χ2v) is 5.15. The molecule has 1 fully saturated rings. The summed E-state index contributed by atoms with van der Waals surface area (Å²) in [6, 6.07) is 6.29. The van der Waals surface area contributed by atoms with Crippen LogP contribution in [0.15, 0.2) is 24.3 Å². The normalized spacial score (nSPS) is 25.6. The number of nitrogens with zero attached hydrogens (tertiary/aromatic N) is 1. The van der Waals surface area contributed by atoms with E-state index >= 15 is 0 Å². The predicted octanol–water partition coefficient (Wildman–Crippen LogP) is -0.0259. The van der Waals surface area contributed by atoms with E-state index in [4.69, 9.17) is 7.85 Å². The summed E-state index contributed by atoms with van der Waals surface area (Å²) in [5, 5.41) is 2.13. The molecular formula is C14H11BN2O4. The third-order valence-electron chi connectivity index (χ3n) is 3.80. The van der Waals surface area contributed by atoms with Crippen LogP contribution in [0.3, 0.4) is 0 Å². The zero-order valence-electron chi connectivity index (χ0n) is 11.1. The summed E-state index contributed by atoms with van der Waals surface area (Å²) in [6.45, 7) is 0. The fourth-order valence-electron chi connectivity index (χ4n) is 2.69. The van der Waals surface area contributed by atoms with Gasteiger partial charge in [-0.15, -0.1) is 0 Å². The largest absolute Gasteiger partial charge is 0.295 e. The summed E-state index contributed by atoms with van der Waals surface area (Å²) in [5.41, 5.74) is -1.40. The molecule has 6 nitrogen and oxygen atoms in total. The van der Waals surface area contributed by atoms with Gasteiger partial charge in [-0.2, -0.15) is 0 Å². The van der Waals surface area contributed by atoms with Gasteiger partial charge in [0.1, 0.15) is 7.85 Å². The zero-order chi connectivity index (χ0) is 15.2. The molecule has 1 aromatic carbocycles. The van der Waals surface area contributed by atoms with E-state index in [-0.39, 0.29) is 24.0 Å². The number of carbonyl (C=O) groups excluding carboxylic acids is 4. The van der Waals surface area contributed by atoms with E-state index < -0.39 is 29.1 Å². The number of benzene rings is 1. The van der Waals surface area contributed by atoms with Gasteiger partial charge in [-0.1, -0.05) is 12.1 Å². The molecule has 3 rings (SSSR count). The Labute approximate surface area is 121 Å². The Morgan fingerprint density at radius 2 is 1.62 bits per heavy atom. The Morgan fingerprint density at radius 3 is 2.19 bits per heavy atom. The summed E-state index contributed by atoms with van der Waals surface area (Å²) in [4.78, 5) is 49.2. The number of amides is 4. The number of hydrogen-bond acceptors (Lipinski definition) is 4. The molecule has 1 N–H and O–H groups in total. The summed E-state index contributed by atoms with van der Waals surface area (Å²) >= 11 is 0. The topological polar surface area (TPSA) is 83.6 Å². The fraction of sp³-hybridized carbons (Fsp3) is 0.286. The van der Waals surface area contributed by atoms with E-state index in [1.165, 1.54) is 12.1 Å². The van der Waals surface area contributed by atoms with Crippen LogP contribution < -0.4 is 5.32 Å². The van der Waals surface area contributed by atoms with Crippen molar-refractivity contribution in [3.63, 3.8) is 0 Å². The minimum absolute atomic E-state index is 0.0516. The molecule has 1 saturated heterocycles. The predicted molar refractivity (Wildman–Crippen MR) is 72.4 cm³/mol. The number of imide groups is 2. The first kappa shape index (κ1) is 13.5. The zero-order valence-corrected chi connectivity index (χ0v) is 11.1. The number of nitrogens with one attached hydrogen (secondary N) is 1. The van der Waals surface area contributed by atoms with Crippen LogP contribution in [0.5, 0.6) is 0 Å². The molecule has 2 aliphatic rings. The number of hydrogen-bond donors (Lipinski definition) is 1.